The highest BCUT2D eigenvalue weighted by Gasteiger charge is 2.28. The van der Waals surface area contributed by atoms with Crippen molar-refractivity contribution in [2.75, 3.05) is 12.3 Å². The maximum Gasteiger partial charge on any atom is 0.327 e. The number of hydrogen-bond donors (Lipinski definition) is 8. The van der Waals surface area contributed by atoms with Crippen LogP contribution in [0, 0.1) is 0 Å². The fourth-order valence-corrected chi connectivity index (χ4v) is 2.88. The Balaban J connectivity index is 2.68. The van der Waals surface area contributed by atoms with Crippen molar-refractivity contribution in [3.63, 3.8) is 0 Å². The zero-order chi connectivity index (χ0) is 23.4. The average Bonchev–Trinajstić information content (AvgIpc) is 3.23. The van der Waals surface area contributed by atoms with E-state index in [1.807, 2.05) is 0 Å². The number of nitrogens with one attached hydrogen (secondary N) is 4. The van der Waals surface area contributed by atoms with Crippen LogP contribution in [0.2, 0.25) is 0 Å². The Kier molecular flexibility index (Phi) is 11.6. The normalized spacial score (nSPS) is 14.7. The van der Waals surface area contributed by atoms with Gasteiger partial charge in [-0.05, 0) is 32.7 Å². The number of amides is 3. The zero-order valence-electron chi connectivity index (χ0n) is 17.3. The van der Waals surface area contributed by atoms with E-state index in [9.17, 15) is 19.2 Å². The van der Waals surface area contributed by atoms with Crippen molar-refractivity contribution < 1.29 is 24.3 Å². The molecule has 0 aromatic carbocycles. The molecule has 3 amide bonds. The fraction of sp³-hybridized carbons (Fsp3) is 0.611. The molecule has 1 aromatic rings. The van der Waals surface area contributed by atoms with E-state index in [4.69, 9.17) is 16.6 Å². The molecule has 0 fully saturated rings. The third-order valence-corrected chi connectivity index (χ3v) is 4.83. The van der Waals surface area contributed by atoms with Gasteiger partial charge in [-0.1, -0.05) is 0 Å². The summed E-state index contributed by atoms with van der Waals surface area (Å²) in [5.41, 5.74) is 12.0. The molecule has 1 heterocycles. The van der Waals surface area contributed by atoms with Crippen LogP contribution in [0.1, 0.15) is 31.9 Å². The molecule has 0 aliphatic rings. The van der Waals surface area contributed by atoms with Gasteiger partial charge in [0.1, 0.15) is 18.1 Å². The topological polar surface area (TPSA) is 205 Å². The van der Waals surface area contributed by atoms with Crippen LogP contribution in [0.25, 0.3) is 0 Å². The van der Waals surface area contributed by atoms with Crippen molar-refractivity contribution in [1.29, 1.82) is 0 Å². The molecule has 1 rings (SSSR count). The second kappa shape index (κ2) is 13.6. The Morgan fingerprint density at radius 1 is 1.13 bits per heavy atom. The molecule has 0 aliphatic carbocycles. The van der Waals surface area contributed by atoms with Gasteiger partial charge in [-0.3, -0.25) is 14.4 Å². The number of imidazole rings is 1. The van der Waals surface area contributed by atoms with Gasteiger partial charge in [-0.2, -0.15) is 12.6 Å². The summed E-state index contributed by atoms with van der Waals surface area (Å²) in [6.07, 6.45) is 4.66. The maximum atomic E-state index is 12.5. The third kappa shape index (κ3) is 9.36. The van der Waals surface area contributed by atoms with Crippen LogP contribution in [-0.2, 0) is 25.6 Å². The van der Waals surface area contributed by atoms with Gasteiger partial charge in [0.2, 0.25) is 17.7 Å². The number of aliphatic carboxylic acids is 1. The Labute approximate surface area is 185 Å². The van der Waals surface area contributed by atoms with E-state index < -0.39 is 47.9 Å². The summed E-state index contributed by atoms with van der Waals surface area (Å²) in [6, 6.07) is -4.04. The highest BCUT2D eigenvalue weighted by molar-refractivity contribution is 7.80. The molecule has 31 heavy (non-hydrogen) atoms. The number of carbonyl (C=O) groups is 4. The van der Waals surface area contributed by atoms with Gasteiger partial charge in [0.15, 0.2) is 0 Å². The first-order chi connectivity index (χ1) is 14.7. The summed E-state index contributed by atoms with van der Waals surface area (Å²) in [7, 11) is 0. The van der Waals surface area contributed by atoms with Gasteiger partial charge in [0.05, 0.1) is 12.4 Å². The largest absolute Gasteiger partial charge is 0.480 e. The lowest BCUT2D eigenvalue weighted by molar-refractivity contribution is -0.141. The number of nitrogens with two attached hydrogens (primary N) is 2. The number of H-pyrrole nitrogens is 1. The summed E-state index contributed by atoms with van der Waals surface area (Å²) in [5, 5.41) is 16.5. The number of carbonyl (C=O) groups excluding carboxylic acids is 3. The summed E-state index contributed by atoms with van der Waals surface area (Å²) < 4.78 is 0. The summed E-state index contributed by atoms with van der Waals surface area (Å²) in [4.78, 5) is 55.1. The van der Waals surface area contributed by atoms with Crippen molar-refractivity contribution in [2.45, 2.75) is 56.8 Å². The first kappa shape index (κ1) is 26.4. The van der Waals surface area contributed by atoms with E-state index >= 15 is 0 Å². The third-order valence-electron chi connectivity index (χ3n) is 4.46. The number of carboxylic acids is 1. The number of aromatic amines is 1. The van der Waals surface area contributed by atoms with E-state index in [2.05, 4.69) is 38.5 Å². The molecule has 4 atom stereocenters. The lowest BCUT2D eigenvalue weighted by atomic mass is 10.1. The Morgan fingerprint density at radius 2 is 1.81 bits per heavy atom. The highest BCUT2D eigenvalue weighted by atomic mass is 32.1. The number of thiol groups is 1. The minimum absolute atomic E-state index is 0.106. The number of unbranched alkanes of at least 4 members (excludes halogenated alkanes) is 1. The lowest BCUT2D eigenvalue weighted by Crippen LogP contribution is -2.56. The van der Waals surface area contributed by atoms with Crippen LogP contribution in [0.5, 0.6) is 0 Å². The Bertz CT molecular complexity index is 731. The summed E-state index contributed by atoms with van der Waals surface area (Å²) >= 11 is 3.91. The Morgan fingerprint density at radius 3 is 2.35 bits per heavy atom. The minimum Gasteiger partial charge on any atom is -0.480 e. The van der Waals surface area contributed by atoms with Crippen molar-refractivity contribution in [3.8, 4) is 0 Å². The quantitative estimate of drug-likeness (QED) is 0.114. The second-order valence-electron chi connectivity index (χ2n) is 7.05. The lowest BCUT2D eigenvalue weighted by Gasteiger charge is -2.23. The van der Waals surface area contributed by atoms with Crippen molar-refractivity contribution in [1.82, 2.24) is 25.9 Å². The molecule has 0 spiro atoms. The highest BCUT2D eigenvalue weighted by Crippen LogP contribution is 2.04. The number of carboxylic acid groups (broad SMARTS) is 1. The number of hydrogen-bond acceptors (Lipinski definition) is 8. The predicted molar refractivity (Wildman–Crippen MR) is 116 cm³/mol. The molecule has 13 heteroatoms. The van der Waals surface area contributed by atoms with Crippen molar-refractivity contribution >= 4 is 36.3 Å². The zero-order valence-corrected chi connectivity index (χ0v) is 18.2. The first-order valence-corrected chi connectivity index (χ1v) is 10.5. The molecule has 0 radical (unpaired) electrons. The average molecular weight is 458 g/mol. The standard InChI is InChI=1S/C18H31N7O5S/c1-10(23-16(27)12(20)6-11-7-21-9-22-11)15(26)24-13(4-2-3-5-19)17(28)25-14(8-31)18(29)30/h7,9-10,12-14,31H,2-6,8,19-20H2,1H3,(H,21,22)(H,23,27)(H,24,26)(H,25,28)(H,29,30). The van der Waals surface area contributed by atoms with Crippen LogP contribution in [0.15, 0.2) is 12.5 Å². The van der Waals surface area contributed by atoms with Crippen molar-refractivity contribution in [2.24, 2.45) is 11.5 Å². The molecule has 1 aromatic heterocycles. The van der Waals surface area contributed by atoms with E-state index in [0.717, 1.165) is 0 Å². The van der Waals surface area contributed by atoms with Crippen LogP contribution in [-0.4, -0.2) is 75.2 Å². The van der Waals surface area contributed by atoms with E-state index in [1.165, 1.54) is 13.3 Å². The van der Waals surface area contributed by atoms with Crippen LogP contribution in [0.4, 0.5) is 0 Å². The fourth-order valence-electron chi connectivity index (χ4n) is 2.63. The SMILES string of the molecule is CC(NC(=O)C(N)Cc1cnc[nH]1)C(=O)NC(CCCCN)C(=O)NC(CS)C(=O)O. The van der Waals surface area contributed by atoms with Gasteiger partial charge < -0.3 is 37.5 Å². The summed E-state index contributed by atoms with van der Waals surface area (Å²) in [5.74, 6) is -3.13. The first-order valence-electron chi connectivity index (χ1n) is 9.87. The molecule has 0 saturated heterocycles. The van der Waals surface area contributed by atoms with Gasteiger partial charge in [0, 0.05) is 24.1 Å². The molecule has 4 unspecified atom stereocenters. The molecule has 12 nitrogen and oxygen atoms in total. The molecule has 0 saturated carbocycles. The molecule has 0 bridgehead atoms. The van der Waals surface area contributed by atoms with Gasteiger partial charge in [-0.25, -0.2) is 9.78 Å². The van der Waals surface area contributed by atoms with E-state index in [0.29, 0.717) is 25.1 Å². The number of nitrogens with zero attached hydrogens (tertiary/aromatic N) is 1. The second-order valence-corrected chi connectivity index (χ2v) is 7.41. The minimum atomic E-state index is -1.23. The van der Waals surface area contributed by atoms with Crippen LogP contribution in [0.3, 0.4) is 0 Å². The molecule has 0 aliphatic heterocycles. The molecular weight excluding hydrogens is 426 g/mol. The van der Waals surface area contributed by atoms with E-state index in [1.54, 1.807) is 6.20 Å². The number of aromatic nitrogens is 2. The maximum absolute atomic E-state index is 12.5. The van der Waals surface area contributed by atoms with Gasteiger partial charge >= 0.3 is 5.97 Å². The smallest absolute Gasteiger partial charge is 0.327 e. The van der Waals surface area contributed by atoms with Crippen molar-refractivity contribution in [3.05, 3.63) is 18.2 Å². The predicted octanol–water partition coefficient (Wildman–Crippen LogP) is -2.10. The summed E-state index contributed by atoms with van der Waals surface area (Å²) in [6.45, 7) is 1.87. The molecule has 9 N–H and O–H groups in total. The van der Waals surface area contributed by atoms with Crippen LogP contribution >= 0.6 is 12.6 Å². The molecular formula is C18H31N7O5S. The van der Waals surface area contributed by atoms with Gasteiger partial charge in [0.25, 0.3) is 0 Å². The van der Waals surface area contributed by atoms with Gasteiger partial charge in [-0.15, -0.1) is 0 Å². The van der Waals surface area contributed by atoms with E-state index in [-0.39, 0.29) is 18.6 Å². The number of rotatable bonds is 14. The molecule has 174 valence electrons. The monoisotopic (exact) mass is 457 g/mol. The Hall–Kier alpha value is -2.64. The van der Waals surface area contributed by atoms with Crippen LogP contribution < -0.4 is 27.4 Å².